The molecule has 6 nitrogen and oxygen atoms in total. The van der Waals surface area contributed by atoms with E-state index in [-0.39, 0.29) is 17.1 Å². The van der Waals surface area contributed by atoms with E-state index in [1.165, 1.54) is 0 Å². The number of benzene rings is 1. The highest BCUT2D eigenvalue weighted by atomic mass is 79.9. The minimum absolute atomic E-state index is 0.0367. The van der Waals surface area contributed by atoms with Gasteiger partial charge in [-0.2, -0.15) is 0 Å². The van der Waals surface area contributed by atoms with Crippen molar-refractivity contribution in [1.29, 1.82) is 0 Å². The zero-order valence-corrected chi connectivity index (χ0v) is 16.5. The van der Waals surface area contributed by atoms with Crippen LogP contribution in [0.3, 0.4) is 0 Å². The van der Waals surface area contributed by atoms with Gasteiger partial charge in [0.1, 0.15) is 4.88 Å². The third-order valence-corrected chi connectivity index (χ3v) is 5.99. The van der Waals surface area contributed by atoms with Crippen LogP contribution in [0.1, 0.15) is 27.9 Å². The van der Waals surface area contributed by atoms with Gasteiger partial charge in [0, 0.05) is 16.2 Å². The van der Waals surface area contributed by atoms with Crippen LogP contribution in [0, 0.1) is 6.92 Å². The van der Waals surface area contributed by atoms with Crippen molar-refractivity contribution in [2.24, 2.45) is 0 Å². The van der Waals surface area contributed by atoms with E-state index in [1.807, 2.05) is 25.1 Å². The normalized spacial score (nSPS) is 17.0. The Morgan fingerprint density at radius 1 is 1.46 bits per heavy atom. The molecule has 3 rings (SSSR count). The summed E-state index contributed by atoms with van der Waals surface area (Å²) in [7, 11) is -3.42. The number of aryl methyl sites for hydroxylation is 1. The van der Waals surface area contributed by atoms with Crippen molar-refractivity contribution < 1.29 is 13.2 Å². The number of nitrogens with one attached hydrogen (secondary N) is 1. The number of sulfonamides is 1. The highest BCUT2D eigenvalue weighted by Gasteiger charge is 2.33. The number of hydrogen-bond donors (Lipinski definition) is 1. The molecular formula is C15H16BrN3O3S2. The molecule has 0 saturated heterocycles. The number of amides is 1. The first-order chi connectivity index (χ1) is 11.2. The van der Waals surface area contributed by atoms with Crippen molar-refractivity contribution in [2.45, 2.75) is 26.3 Å². The molecule has 0 spiro atoms. The molecule has 1 aromatic heterocycles. The summed E-state index contributed by atoms with van der Waals surface area (Å²) in [5.74, 6) is -0.153. The van der Waals surface area contributed by atoms with Gasteiger partial charge in [0.05, 0.1) is 11.9 Å². The minimum Gasteiger partial charge on any atom is -0.304 e. The first-order valence-corrected chi connectivity index (χ1v) is 10.7. The zero-order valence-electron chi connectivity index (χ0n) is 13.3. The fourth-order valence-electron chi connectivity index (χ4n) is 2.82. The topological polar surface area (TPSA) is 79.4 Å². The van der Waals surface area contributed by atoms with Crippen LogP contribution in [-0.4, -0.2) is 31.6 Å². The highest BCUT2D eigenvalue weighted by molar-refractivity contribution is 9.10. The second kappa shape index (κ2) is 6.12. The summed E-state index contributed by atoms with van der Waals surface area (Å²) in [6.07, 6.45) is 1.84. The summed E-state index contributed by atoms with van der Waals surface area (Å²) in [5.41, 5.74) is 2.52. The molecule has 24 heavy (non-hydrogen) atoms. The fourth-order valence-corrected chi connectivity index (χ4v) is 4.96. The number of aromatic nitrogens is 1. The Kier molecular flexibility index (Phi) is 4.43. The van der Waals surface area contributed by atoms with Crippen LogP contribution >= 0.6 is 27.3 Å². The van der Waals surface area contributed by atoms with Gasteiger partial charge < -0.3 is 4.90 Å². The van der Waals surface area contributed by atoms with Crippen molar-refractivity contribution in [3.05, 3.63) is 38.8 Å². The van der Waals surface area contributed by atoms with Crippen LogP contribution in [0.25, 0.3) is 0 Å². The van der Waals surface area contributed by atoms with Crippen LogP contribution in [0.5, 0.6) is 0 Å². The number of carbonyl (C=O) groups excluding carboxylic acids is 1. The van der Waals surface area contributed by atoms with Crippen LogP contribution in [0.4, 0.5) is 10.8 Å². The summed E-state index contributed by atoms with van der Waals surface area (Å²) >= 11 is 4.51. The lowest BCUT2D eigenvalue weighted by Gasteiger charge is -2.22. The third-order valence-electron chi connectivity index (χ3n) is 3.74. The summed E-state index contributed by atoms with van der Waals surface area (Å²) in [6.45, 7) is 3.71. The SMILES string of the molecule is Cc1nc(NS(C)(=O)=O)sc1C(=O)N1c2ccc(Br)cc2CC1C. The summed E-state index contributed by atoms with van der Waals surface area (Å²) < 4.78 is 26.0. The van der Waals surface area contributed by atoms with E-state index < -0.39 is 10.0 Å². The number of nitrogens with zero attached hydrogens (tertiary/aromatic N) is 2. The first kappa shape index (κ1) is 17.4. The largest absolute Gasteiger partial charge is 0.304 e. The second-order valence-corrected chi connectivity index (χ2v) is 9.47. The number of halogens is 1. The molecule has 0 radical (unpaired) electrons. The van der Waals surface area contributed by atoms with Crippen LogP contribution in [0.2, 0.25) is 0 Å². The number of carbonyl (C=O) groups is 1. The minimum atomic E-state index is -3.42. The monoisotopic (exact) mass is 429 g/mol. The fraction of sp³-hybridized carbons (Fsp3) is 0.333. The van der Waals surface area contributed by atoms with Gasteiger partial charge in [-0.05, 0) is 44.0 Å². The molecule has 1 atom stereocenters. The number of fused-ring (bicyclic) bond motifs is 1. The van der Waals surface area contributed by atoms with E-state index in [0.29, 0.717) is 10.6 Å². The summed E-state index contributed by atoms with van der Waals surface area (Å²) in [5, 5.41) is 0.209. The Hall–Kier alpha value is -1.45. The quantitative estimate of drug-likeness (QED) is 0.812. The molecule has 9 heteroatoms. The van der Waals surface area contributed by atoms with Gasteiger partial charge >= 0.3 is 0 Å². The van der Waals surface area contributed by atoms with Crippen molar-refractivity contribution in [3.8, 4) is 0 Å². The molecule has 2 heterocycles. The van der Waals surface area contributed by atoms with Crippen LogP contribution in [0.15, 0.2) is 22.7 Å². The Morgan fingerprint density at radius 3 is 2.83 bits per heavy atom. The molecule has 2 aromatic rings. The number of hydrogen-bond acceptors (Lipinski definition) is 5. The first-order valence-electron chi connectivity index (χ1n) is 7.23. The smallest absolute Gasteiger partial charge is 0.270 e. The van der Waals surface area contributed by atoms with Crippen molar-refractivity contribution in [2.75, 3.05) is 15.9 Å². The summed E-state index contributed by atoms with van der Waals surface area (Å²) in [4.78, 5) is 19.4. The van der Waals surface area contributed by atoms with Gasteiger partial charge in [0.2, 0.25) is 10.0 Å². The van der Waals surface area contributed by atoms with Gasteiger partial charge in [-0.15, -0.1) is 0 Å². The highest BCUT2D eigenvalue weighted by Crippen LogP contribution is 2.36. The molecular weight excluding hydrogens is 414 g/mol. The molecule has 1 N–H and O–H groups in total. The van der Waals surface area contributed by atoms with Crippen LogP contribution < -0.4 is 9.62 Å². The molecule has 0 bridgehead atoms. The Labute approximate surface area is 153 Å². The van der Waals surface area contributed by atoms with E-state index in [1.54, 1.807) is 11.8 Å². The standard InChI is InChI=1S/C15H16BrN3O3S2/c1-8-6-10-7-11(16)4-5-12(10)19(8)14(20)13-9(2)17-15(23-13)18-24(3,21)22/h4-5,7-8H,6H2,1-3H3,(H,17,18). The zero-order chi connectivity index (χ0) is 17.6. The van der Waals surface area contributed by atoms with Gasteiger partial charge in [-0.3, -0.25) is 9.52 Å². The Morgan fingerprint density at radius 2 is 2.17 bits per heavy atom. The molecule has 0 saturated carbocycles. The predicted octanol–water partition coefficient (Wildman–Crippen LogP) is 3.18. The van der Waals surface area contributed by atoms with E-state index in [2.05, 4.69) is 25.6 Å². The Balaban J connectivity index is 1.96. The third kappa shape index (κ3) is 3.33. The maximum absolute atomic E-state index is 13.0. The van der Waals surface area contributed by atoms with Gasteiger partial charge in [0.25, 0.3) is 5.91 Å². The molecule has 1 amide bonds. The van der Waals surface area contributed by atoms with Crippen LogP contribution in [-0.2, 0) is 16.4 Å². The predicted molar refractivity (Wildman–Crippen MR) is 99.4 cm³/mol. The summed E-state index contributed by atoms with van der Waals surface area (Å²) in [6, 6.07) is 5.89. The molecule has 1 aromatic carbocycles. The average molecular weight is 430 g/mol. The second-order valence-electron chi connectivity index (χ2n) is 5.81. The van der Waals surface area contributed by atoms with Crippen molar-refractivity contribution in [3.63, 3.8) is 0 Å². The molecule has 128 valence electrons. The lowest BCUT2D eigenvalue weighted by molar-refractivity contribution is 0.0984. The van der Waals surface area contributed by atoms with Gasteiger partial charge in [-0.1, -0.05) is 27.3 Å². The van der Waals surface area contributed by atoms with E-state index in [4.69, 9.17) is 0 Å². The van der Waals surface area contributed by atoms with Crippen molar-refractivity contribution in [1.82, 2.24) is 4.98 Å². The maximum Gasteiger partial charge on any atom is 0.270 e. The average Bonchev–Trinajstić information content (AvgIpc) is 2.95. The number of thiazole rings is 1. The van der Waals surface area contributed by atoms with Crippen molar-refractivity contribution >= 4 is 54.0 Å². The van der Waals surface area contributed by atoms with Gasteiger partial charge in [-0.25, -0.2) is 13.4 Å². The van der Waals surface area contributed by atoms with E-state index in [0.717, 1.165) is 39.7 Å². The Bertz CT molecular complexity index is 924. The number of anilines is 2. The molecule has 0 fully saturated rings. The molecule has 1 unspecified atom stereocenters. The lowest BCUT2D eigenvalue weighted by atomic mass is 10.1. The lowest BCUT2D eigenvalue weighted by Crippen LogP contribution is -2.35. The van der Waals surface area contributed by atoms with E-state index in [9.17, 15) is 13.2 Å². The van der Waals surface area contributed by atoms with E-state index >= 15 is 0 Å². The van der Waals surface area contributed by atoms with Gasteiger partial charge in [0.15, 0.2) is 5.13 Å². The molecule has 0 aliphatic carbocycles. The number of rotatable bonds is 3. The molecule has 1 aliphatic heterocycles. The molecule has 1 aliphatic rings. The maximum atomic E-state index is 13.0.